The average Bonchev–Trinajstić information content (AvgIpc) is 3.59. The van der Waals surface area contributed by atoms with Crippen molar-refractivity contribution < 1.29 is 13.6 Å². The molecule has 0 atom stereocenters. The zero-order valence-corrected chi connectivity index (χ0v) is 17.0. The number of halogens is 1. The number of carbonyl (C=O) groups is 1. The summed E-state index contributed by atoms with van der Waals surface area (Å²) in [5.41, 5.74) is 3.54. The van der Waals surface area contributed by atoms with Gasteiger partial charge in [-0.15, -0.1) is 10.2 Å². The predicted octanol–water partition coefficient (Wildman–Crippen LogP) is 1.87. The van der Waals surface area contributed by atoms with Crippen LogP contribution in [-0.4, -0.2) is 56.9 Å². The molecule has 0 aromatic carbocycles. The van der Waals surface area contributed by atoms with Gasteiger partial charge in [0.1, 0.15) is 5.82 Å². The number of nitrogens with one attached hydrogen (secondary N) is 1. The number of fused-ring (bicyclic) bond motifs is 2. The van der Waals surface area contributed by atoms with Crippen LogP contribution in [-0.2, 0) is 20.0 Å². The van der Waals surface area contributed by atoms with Crippen molar-refractivity contribution >= 4 is 11.4 Å². The van der Waals surface area contributed by atoms with Crippen LogP contribution in [0.3, 0.4) is 0 Å². The topological polar surface area (TPSA) is 123 Å². The lowest BCUT2D eigenvalue weighted by Crippen LogP contribution is -2.36. The molecule has 1 aliphatic heterocycles. The molecular weight excluding hydrogens is 417 g/mol. The number of hydrogen-bond acceptors (Lipinski definition) is 7. The summed E-state index contributed by atoms with van der Waals surface area (Å²) in [7, 11) is 1.79. The Morgan fingerprint density at radius 1 is 1.19 bits per heavy atom. The number of amides is 1. The highest BCUT2D eigenvalue weighted by molar-refractivity contribution is 5.89. The second-order valence-electron chi connectivity index (χ2n) is 7.17. The Hall–Kier alpha value is -4.35. The number of aromatic amines is 1. The van der Waals surface area contributed by atoms with Crippen molar-refractivity contribution in [1.82, 2.24) is 44.5 Å². The molecule has 1 aliphatic rings. The Bertz CT molecular complexity index is 1380. The van der Waals surface area contributed by atoms with Crippen LogP contribution in [0, 0.1) is 5.82 Å². The zero-order chi connectivity index (χ0) is 22.1. The lowest BCUT2D eigenvalue weighted by molar-refractivity contribution is 0.0692. The van der Waals surface area contributed by atoms with Gasteiger partial charge in [0.25, 0.3) is 5.89 Å². The molecule has 32 heavy (non-hydrogen) atoms. The number of aromatic nitrogens is 8. The fourth-order valence-electron chi connectivity index (χ4n) is 3.37. The van der Waals surface area contributed by atoms with E-state index in [0.717, 1.165) is 16.9 Å². The molecule has 0 saturated carbocycles. The van der Waals surface area contributed by atoms with E-state index >= 15 is 0 Å². The van der Waals surface area contributed by atoms with Crippen LogP contribution in [0.4, 0.5) is 4.39 Å². The standard InChI is InChI=1S/C13H13N7O2.C7H5FN2/c1-19-5-8(4-16-19)11-17-18-12(22-11)13(21)20-3-2-9-10(6-20)15-7-14-9;8-6-1-2-7-3-4-9-10(7)5-6/h4-5,7H,2-3,6H2,1H3,(H,14,15);1-5H. The van der Waals surface area contributed by atoms with Gasteiger partial charge in [0.2, 0.25) is 0 Å². The molecule has 12 heteroatoms. The molecule has 1 N–H and O–H groups in total. The van der Waals surface area contributed by atoms with Crippen molar-refractivity contribution in [2.75, 3.05) is 6.54 Å². The van der Waals surface area contributed by atoms with E-state index < -0.39 is 0 Å². The van der Waals surface area contributed by atoms with Crippen LogP contribution >= 0.6 is 0 Å². The SMILES string of the molecule is Cn1cc(-c2nnc(C(=O)N3CCc4nc[nH]c4C3)o2)cn1.Fc1ccc2ccnn2c1. The first kappa shape index (κ1) is 19.6. The lowest BCUT2D eigenvalue weighted by atomic mass is 10.1. The minimum atomic E-state index is -0.275. The first-order valence-corrected chi connectivity index (χ1v) is 9.78. The second-order valence-corrected chi connectivity index (χ2v) is 7.17. The number of imidazole rings is 1. The Morgan fingerprint density at radius 2 is 2.09 bits per heavy atom. The molecule has 0 saturated heterocycles. The van der Waals surface area contributed by atoms with Crippen LogP contribution in [0.5, 0.6) is 0 Å². The van der Waals surface area contributed by atoms with E-state index in [2.05, 4.69) is 30.4 Å². The monoisotopic (exact) mass is 435 g/mol. The molecular formula is C20H18FN9O2. The fourth-order valence-corrected chi connectivity index (χ4v) is 3.37. The van der Waals surface area contributed by atoms with E-state index in [9.17, 15) is 9.18 Å². The Morgan fingerprint density at radius 3 is 2.94 bits per heavy atom. The van der Waals surface area contributed by atoms with E-state index in [-0.39, 0.29) is 23.5 Å². The highest BCUT2D eigenvalue weighted by atomic mass is 19.1. The smallest absolute Gasteiger partial charge is 0.311 e. The van der Waals surface area contributed by atoms with E-state index in [0.29, 0.717) is 25.1 Å². The van der Waals surface area contributed by atoms with E-state index in [1.165, 1.54) is 16.8 Å². The molecule has 0 radical (unpaired) electrons. The zero-order valence-electron chi connectivity index (χ0n) is 17.0. The van der Waals surface area contributed by atoms with Gasteiger partial charge in [-0.2, -0.15) is 10.2 Å². The normalized spacial score (nSPS) is 13.0. The maximum Gasteiger partial charge on any atom is 0.311 e. The number of rotatable bonds is 2. The minimum Gasteiger partial charge on any atom is -0.412 e. The molecule has 11 nitrogen and oxygen atoms in total. The third-order valence-corrected chi connectivity index (χ3v) is 4.98. The van der Waals surface area contributed by atoms with Crippen molar-refractivity contribution in [3.63, 3.8) is 0 Å². The summed E-state index contributed by atoms with van der Waals surface area (Å²) in [4.78, 5) is 21.4. The van der Waals surface area contributed by atoms with Crippen molar-refractivity contribution in [2.24, 2.45) is 7.05 Å². The van der Waals surface area contributed by atoms with Crippen LogP contribution in [0.25, 0.3) is 17.0 Å². The van der Waals surface area contributed by atoms with Gasteiger partial charge < -0.3 is 14.3 Å². The summed E-state index contributed by atoms with van der Waals surface area (Å²) in [5.74, 6) is -0.267. The van der Waals surface area contributed by atoms with Gasteiger partial charge in [0.15, 0.2) is 0 Å². The van der Waals surface area contributed by atoms with E-state index in [4.69, 9.17) is 4.42 Å². The van der Waals surface area contributed by atoms with Gasteiger partial charge in [0, 0.05) is 32.4 Å². The lowest BCUT2D eigenvalue weighted by Gasteiger charge is -2.24. The van der Waals surface area contributed by atoms with Gasteiger partial charge in [-0.1, -0.05) is 0 Å². The first-order valence-electron chi connectivity index (χ1n) is 9.78. The number of carbonyl (C=O) groups excluding carboxylic acids is 1. The first-order chi connectivity index (χ1) is 15.6. The van der Waals surface area contributed by atoms with Crippen molar-refractivity contribution in [3.05, 3.63) is 72.4 Å². The van der Waals surface area contributed by atoms with Crippen molar-refractivity contribution in [1.29, 1.82) is 0 Å². The van der Waals surface area contributed by atoms with Crippen LogP contribution < -0.4 is 0 Å². The summed E-state index contributed by atoms with van der Waals surface area (Å²) in [6.45, 7) is 1.06. The number of hydrogen-bond donors (Lipinski definition) is 1. The third kappa shape index (κ3) is 3.85. The quantitative estimate of drug-likeness (QED) is 0.449. The highest BCUT2D eigenvalue weighted by Crippen LogP contribution is 2.20. The van der Waals surface area contributed by atoms with Gasteiger partial charge in [-0.05, 0) is 18.2 Å². The van der Waals surface area contributed by atoms with Crippen LogP contribution in [0.15, 0.2) is 53.7 Å². The molecule has 0 unspecified atom stereocenters. The van der Waals surface area contributed by atoms with Crippen molar-refractivity contribution in [2.45, 2.75) is 13.0 Å². The Kier molecular flexibility index (Phi) is 4.94. The molecule has 5 aromatic rings. The number of nitrogens with zero attached hydrogens (tertiary/aromatic N) is 8. The molecule has 6 rings (SSSR count). The predicted molar refractivity (Wildman–Crippen MR) is 109 cm³/mol. The second kappa shape index (κ2) is 8.06. The summed E-state index contributed by atoms with van der Waals surface area (Å²) in [6, 6.07) is 4.92. The summed E-state index contributed by atoms with van der Waals surface area (Å²) < 4.78 is 21.1. The maximum atomic E-state index is 12.5. The van der Waals surface area contributed by atoms with E-state index in [1.54, 1.807) is 47.6 Å². The molecule has 0 spiro atoms. The number of pyridine rings is 1. The Labute approximate surface area is 180 Å². The van der Waals surface area contributed by atoms with Gasteiger partial charge in [-0.3, -0.25) is 9.48 Å². The summed E-state index contributed by atoms with van der Waals surface area (Å²) in [6.07, 6.45) is 8.70. The molecule has 0 fully saturated rings. The third-order valence-electron chi connectivity index (χ3n) is 4.98. The van der Waals surface area contributed by atoms with Crippen molar-refractivity contribution in [3.8, 4) is 11.5 Å². The van der Waals surface area contributed by atoms with Crippen LogP contribution in [0.2, 0.25) is 0 Å². The Balaban J connectivity index is 0.000000180. The maximum absolute atomic E-state index is 12.5. The summed E-state index contributed by atoms with van der Waals surface area (Å²) in [5, 5.41) is 15.7. The largest absolute Gasteiger partial charge is 0.412 e. The van der Waals surface area contributed by atoms with Crippen LogP contribution in [0.1, 0.15) is 22.1 Å². The van der Waals surface area contributed by atoms with Gasteiger partial charge in [0.05, 0.1) is 47.7 Å². The summed E-state index contributed by atoms with van der Waals surface area (Å²) >= 11 is 0. The van der Waals surface area contributed by atoms with Gasteiger partial charge in [-0.25, -0.2) is 13.9 Å². The van der Waals surface area contributed by atoms with E-state index in [1.807, 2.05) is 6.07 Å². The molecule has 6 heterocycles. The van der Waals surface area contributed by atoms with Gasteiger partial charge >= 0.3 is 11.8 Å². The molecule has 162 valence electrons. The number of aryl methyl sites for hydroxylation is 1. The average molecular weight is 435 g/mol. The molecule has 0 bridgehead atoms. The minimum absolute atomic E-state index is 0.0122. The molecule has 1 amide bonds. The molecule has 0 aliphatic carbocycles. The fraction of sp³-hybridized carbons (Fsp3) is 0.200. The highest BCUT2D eigenvalue weighted by Gasteiger charge is 2.27. The molecule has 5 aromatic heterocycles. The number of H-pyrrole nitrogens is 1.